The van der Waals surface area contributed by atoms with Gasteiger partial charge in [-0.25, -0.2) is 0 Å². The summed E-state index contributed by atoms with van der Waals surface area (Å²) < 4.78 is 0. The van der Waals surface area contributed by atoms with E-state index in [0.717, 1.165) is 12.1 Å². The van der Waals surface area contributed by atoms with Crippen LogP contribution in [0.4, 0.5) is 11.4 Å². The van der Waals surface area contributed by atoms with Crippen molar-refractivity contribution < 1.29 is 4.79 Å². The molecule has 82 valence electrons. The van der Waals surface area contributed by atoms with E-state index in [1.54, 1.807) is 24.3 Å². The lowest BCUT2D eigenvalue weighted by atomic mass is 9.89. The minimum atomic E-state index is -0.332. The third-order valence-corrected chi connectivity index (χ3v) is 2.67. The van der Waals surface area contributed by atoms with E-state index in [-0.39, 0.29) is 11.3 Å². The molecule has 15 heavy (non-hydrogen) atoms. The van der Waals surface area contributed by atoms with Crippen molar-refractivity contribution >= 4 is 17.3 Å². The molecule has 0 saturated carbocycles. The van der Waals surface area contributed by atoms with Gasteiger partial charge in [-0.2, -0.15) is 0 Å². The fraction of sp³-hybridized carbons (Fsp3) is 0.417. The molecule has 3 heteroatoms. The number of rotatable bonds is 3. The highest BCUT2D eigenvalue weighted by atomic mass is 16.2. The second-order valence-electron chi connectivity index (χ2n) is 4.31. The van der Waals surface area contributed by atoms with E-state index in [2.05, 4.69) is 5.32 Å². The van der Waals surface area contributed by atoms with Gasteiger partial charge in [0.05, 0.1) is 0 Å². The molecule has 0 bridgehead atoms. The molecule has 1 aromatic carbocycles. The Morgan fingerprint density at radius 2 is 1.87 bits per heavy atom. The summed E-state index contributed by atoms with van der Waals surface area (Å²) in [6.07, 6.45) is 0.813. The molecule has 0 aromatic heterocycles. The number of nitrogens with one attached hydrogen (secondary N) is 1. The van der Waals surface area contributed by atoms with E-state index < -0.39 is 0 Å². The molecule has 0 radical (unpaired) electrons. The predicted octanol–water partition coefficient (Wildman–Crippen LogP) is 2.64. The Morgan fingerprint density at radius 3 is 2.33 bits per heavy atom. The van der Waals surface area contributed by atoms with Gasteiger partial charge in [-0.1, -0.05) is 20.8 Å². The maximum Gasteiger partial charge on any atom is 0.230 e. The third-order valence-electron chi connectivity index (χ3n) is 2.67. The summed E-state index contributed by atoms with van der Waals surface area (Å²) in [7, 11) is 0. The Kier molecular flexibility index (Phi) is 3.35. The van der Waals surface area contributed by atoms with Crippen LogP contribution in [0, 0.1) is 5.41 Å². The SMILES string of the molecule is CCC(C)(C)C(=O)Nc1ccc(N)cc1. The lowest BCUT2D eigenvalue weighted by Crippen LogP contribution is -2.29. The fourth-order valence-corrected chi connectivity index (χ4v) is 1.03. The molecule has 0 atom stereocenters. The number of benzene rings is 1. The summed E-state index contributed by atoms with van der Waals surface area (Å²) in [5.74, 6) is 0.0368. The Hall–Kier alpha value is -1.51. The first-order valence-corrected chi connectivity index (χ1v) is 5.12. The largest absolute Gasteiger partial charge is 0.399 e. The van der Waals surface area contributed by atoms with Crippen LogP contribution in [-0.4, -0.2) is 5.91 Å². The number of anilines is 2. The van der Waals surface area contributed by atoms with Gasteiger partial charge in [0.2, 0.25) is 5.91 Å². The molecule has 1 aromatic rings. The number of nitrogen functional groups attached to an aromatic ring is 1. The van der Waals surface area contributed by atoms with E-state index in [4.69, 9.17) is 5.73 Å². The molecular formula is C12H18N2O. The number of hydrogen-bond acceptors (Lipinski definition) is 2. The first kappa shape index (κ1) is 11.6. The van der Waals surface area contributed by atoms with Crippen molar-refractivity contribution in [3.05, 3.63) is 24.3 Å². The number of hydrogen-bond donors (Lipinski definition) is 2. The molecular weight excluding hydrogens is 188 g/mol. The predicted molar refractivity (Wildman–Crippen MR) is 63.6 cm³/mol. The molecule has 0 spiro atoms. The van der Waals surface area contributed by atoms with Gasteiger partial charge in [-0.15, -0.1) is 0 Å². The summed E-state index contributed by atoms with van der Waals surface area (Å²) in [5, 5.41) is 2.87. The van der Waals surface area contributed by atoms with Gasteiger partial charge in [0.25, 0.3) is 0 Å². The molecule has 0 aliphatic carbocycles. The summed E-state index contributed by atoms with van der Waals surface area (Å²) in [5.41, 5.74) is 6.71. The second-order valence-corrected chi connectivity index (χ2v) is 4.31. The number of carbonyl (C=O) groups excluding carboxylic acids is 1. The summed E-state index contributed by atoms with van der Waals surface area (Å²) in [6.45, 7) is 5.86. The molecule has 0 heterocycles. The standard InChI is InChI=1S/C12H18N2O/c1-4-12(2,3)11(15)14-10-7-5-9(13)6-8-10/h5-8H,4,13H2,1-3H3,(H,14,15). The second kappa shape index (κ2) is 4.34. The van der Waals surface area contributed by atoms with E-state index in [9.17, 15) is 4.79 Å². The highest BCUT2D eigenvalue weighted by molar-refractivity contribution is 5.94. The Balaban J connectivity index is 2.71. The minimum absolute atomic E-state index is 0.0368. The highest BCUT2D eigenvalue weighted by Gasteiger charge is 2.24. The smallest absolute Gasteiger partial charge is 0.230 e. The van der Waals surface area contributed by atoms with E-state index in [1.807, 2.05) is 20.8 Å². The van der Waals surface area contributed by atoms with Crippen LogP contribution in [-0.2, 0) is 4.79 Å². The molecule has 0 saturated heterocycles. The van der Waals surface area contributed by atoms with Gasteiger partial charge in [0.15, 0.2) is 0 Å². The first-order chi connectivity index (χ1) is 6.95. The van der Waals surface area contributed by atoms with Crippen molar-refractivity contribution in [2.24, 2.45) is 5.41 Å². The topological polar surface area (TPSA) is 55.1 Å². The first-order valence-electron chi connectivity index (χ1n) is 5.12. The van der Waals surface area contributed by atoms with Crippen molar-refractivity contribution in [3.63, 3.8) is 0 Å². The lowest BCUT2D eigenvalue weighted by Gasteiger charge is -2.21. The minimum Gasteiger partial charge on any atom is -0.399 e. The number of carbonyl (C=O) groups is 1. The van der Waals surface area contributed by atoms with Crippen LogP contribution in [0.2, 0.25) is 0 Å². The van der Waals surface area contributed by atoms with Crippen LogP contribution < -0.4 is 11.1 Å². The van der Waals surface area contributed by atoms with Gasteiger partial charge < -0.3 is 11.1 Å². The van der Waals surface area contributed by atoms with Crippen LogP contribution >= 0.6 is 0 Å². The van der Waals surface area contributed by atoms with Crippen molar-refractivity contribution in [3.8, 4) is 0 Å². The monoisotopic (exact) mass is 206 g/mol. The van der Waals surface area contributed by atoms with Gasteiger partial charge in [0, 0.05) is 16.8 Å². The van der Waals surface area contributed by atoms with Crippen LogP contribution in [0.5, 0.6) is 0 Å². The molecule has 0 fully saturated rings. The zero-order valence-corrected chi connectivity index (χ0v) is 9.50. The van der Waals surface area contributed by atoms with E-state index in [1.165, 1.54) is 0 Å². The van der Waals surface area contributed by atoms with Crippen molar-refractivity contribution in [1.29, 1.82) is 0 Å². The van der Waals surface area contributed by atoms with Crippen molar-refractivity contribution in [1.82, 2.24) is 0 Å². The van der Waals surface area contributed by atoms with Crippen LogP contribution in [0.3, 0.4) is 0 Å². The maximum atomic E-state index is 11.8. The van der Waals surface area contributed by atoms with Gasteiger partial charge >= 0.3 is 0 Å². The fourth-order valence-electron chi connectivity index (χ4n) is 1.03. The van der Waals surface area contributed by atoms with Gasteiger partial charge in [0.1, 0.15) is 0 Å². The molecule has 1 amide bonds. The Labute approximate surface area is 90.7 Å². The van der Waals surface area contributed by atoms with Crippen molar-refractivity contribution in [2.45, 2.75) is 27.2 Å². The summed E-state index contributed by atoms with van der Waals surface area (Å²) in [4.78, 5) is 11.8. The van der Waals surface area contributed by atoms with E-state index >= 15 is 0 Å². The normalized spacial score (nSPS) is 11.1. The lowest BCUT2D eigenvalue weighted by molar-refractivity contribution is -0.124. The molecule has 3 nitrogen and oxygen atoms in total. The van der Waals surface area contributed by atoms with Gasteiger partial charge in [-0.05, 0) is 30.7 Å². The number of amides is 1. The quantitative estimate of drug-likeness (QED) is 0.747. The number of nitrogens with two attached hydrogens (primary N) is 1. The van der Waals surface area contributed by atoms with Crippen LogP contribution in [0.1, 0.15) is 27.2 Å². The molecule has 3 N–H and O–H groups in total. The average molecular weight is 206 g/mol. The zero-order chi connectivity index (χ0) is 11.5. The van der Waals surface area contributed by atoms with Crippen LogP contribution in [0.25, 0.3) is 0 Å². The highest BCUT2D eigenvalue weighted by Crippen LogP contribution is 2.22. The third kappa shape index (κ3) is 2.98. The summed E-state index contributed by atoms with van der Waals surface area (Å²) >= 11 is 0. The molecule has 1 rings (SSSR count). The van der Waals surface area contributed by atoms with Crippen LogP contribution in [0.15, 0.2) is 24.3 Å². The van der Waals surface area contributed by atoms with Gasteiger partial charge in [-0.3, -0.25) is 4.79 Å². The molecule has 0 aliphatic rings. The van der Waals surface area contributed by atoms with E-state index in [0.29, 0.717) is 5.69 Å². The van der Waals surface area contributed by atoms with Crippen molar-refractivity contribution in [2.75, 3.05) is 11.1 Å². The Morgan fingerprint density at radius 1 is 1.33 bits per heavy atom. The summed E-state index contributed by atoms with van der Waals surface area (Å²) in [6, 6.07) is 7.15. The average Bonchev–Trinajstić information content (AvgIpc) is 2.21. The molecule has 0 unspecified atom stereocenters. The molecule has 0 aliphatic heterocycles. The zero-order valence-electron chi connectivity index (χ0n) is 9.50. The Bertz CT molecular complexity index is 341. The maximum absolute atomic E-state index is 11.8.